The van der Waals surface area contributed by atoms with Crippen LogP contribution in [0.2, 0.25) is 0 Å². The molecule has 19 heavy (non-hydrogen) atoms. The molecule has 1 aromatic heterocycles. The molecule has 1 aromatic rings. The lowest BCUT2D eigenvalue weighted by molar-refractivity contribution is 0.300. The Labute approximate surface area is 117 Å². The molecule has 0 saturated heterocycles. The molecule has 0 amide bonds. The summed E-state index contributed by atoms with van der Waals surface area (Å²) in [6.45, 7) is 9.78. The summed E-state index contributed by atoms with van der Waals surface area (Å²) in [6.07, 6.45) is 5.44. The summed E-state index contributed by atoms with van der Waals surface area (Å²) >= 11 is 0. The Morgan fingerprint density at radius 2 is 1.89 bits per heavy atom. The first-order valence-corrected chi connectivity index (χ1v) is 7.64. The molecule has 0 atom stereocenters. The van der Waals surface area contributed by atoms with Gasteiger partial charge in [-0.05, 0) is 43.6 Å². The Hall–Kier alpha value is -1.12. The topological polar surface area (TPSA) is 37.8 Å². The van der Waals surface area contributed by atoms with Crippen molar-refractivity contribution in [1.29, 1.82) is 0 Å². The molecule has 3 nitrogen and oxygen atoms in total. The molecule has 0 aromatic carbocycles. The molecule has 1 aliphatic rings. The first-order valence-electron chi connectivity index (χ1n) is 7.64. The maximum absolute atomic E-state index is 4.61. The molecule has 0 spiro atoms. The van der Waals surface area contributed by atoms with Crippen LogP contribution in [0.1, 0.15) is 63.8 Å². The fraction of sp³-hybridized carbons (Fsp3) is 0.750. The van der Waals surface area contributed by atoms with Gasteiger partial charge >= 0.3 is 0 Å². The van der Waals surface area contributed by atoms with Crippen LogP contribution in [0.25, 0.3) is 0 Å². The summed E-state index contributed by atoms with van der Waals surface area (Å²) in [5.41, 5.74) is 2.19. The van der Waals surface area contributed by atoms with E-state index >= 15 is 0 Å². The Bertz CT molecular complexity index is 406. The largest absolute Gasteiger partial charge is 0.354 e. The van der Waals surface area contributed by atoms with Gasteiger partial charge in [0.25, 0.3) is 0 Å². The van der Waals surface area contributed by atoms with Gasteiger partial charge in [-0.2, -0.15) is 0 Å². The molecule has 3 heteroatoms. The molecule has 0 unspecified atom stereocenters. The van der Waals surface area contributed by atoms with Crippen molar-refractivity contribution in [3.05, 3.63) is 17.5 Å². The van der Waals surface area contributed by atoms with E-state index in [1.807, 2.05) is 6.92 Å². The standard InChI is InChI=1S/C16H27N3/c1-11(2)15-9-13(4)18-16(19-15)17-10-14-7-5-12(3)6-8-14/h9,11-12,14H,5-8,10H2,1-4H3,(H,17,18,19). The summed E-state index contributed by atoms with van der Waals surface area (Å²) in [4.78, 5) is 9.10. The van der Waals surface area contributed by atoms with E-state index in [4.69, 9.17) is 0 Å². The van der Waals surface area contributed by atoms with Crippen molar-refractivity contribution < 1.29 is 0 Å². The summed E-state index contributed by atoms with van der Waals surface area (Å²) in [5.74, 6) is 2.97. The summed E-state index contributed by atoms with van der Waals surface area (Å²) < 4.78 is 0. The van der Waals surface area contributed by atoms with Crippen molar-refractivity contribution in [2.75, 3.05) is 11.9 Å². The predicted octanol–water partition coefficient (Wildman–Crippen LogP) is 4.15. The van der Waals surface area contributed by atoms with Gasteiger partial charge in [0.15, 0.2) is 0 Å². The molecule has 1 N–H and O–H groups in total. The van der Waals surface area contributed by atoms with E-state index in [0.29, 0.717) is 5.92 Å². The minimum Gasteiger partial charge on any atom is -0.354 e. The van der Waals surface area contributed by atoms with Gasteiger partial charge in [-0.1, -0.05) is 33.6 Å². The van der Waals surface area contributed by atoms with Crippen molar-refractivity contribution in [1.82, 2.24) is 9.97 Å². The number of nitrogens with one attached hydrogen (secondary N) is 1. The lowest BCUT2D eigenvalue weighted by Crippen LogP contribution is -2.21. The molecule has 106 valence electrons. The molecule has 1 fully saturated rings. The van der Waals surface area contributed by atoms with E-state index in [-0.39, 0.29) is 0 Å². The van der Waals surface area contributed by atoms with Crippen molar-refractivity contribution >= 4 is 5.95 Å². The van der Waals surface area contributed by atoms with Gasteiger partial charge < -0.3 is 5.32 Å². The van der Waals surface area contributed by atoms with Crippen LogP contribution in [0.5, 0.6) is 0 Å². The number of rotatable bonds is 4. The van der Waals surface area contributed by atoms with E-state index < -0.39 is 0 Å². The van der Waals surface area contributed by atoms with Gasteiger partial charge in [0.2, 0.25) is 5.95 Å². The third kappa shape index (κ3) is 4.19. The minimum atomic E-state index is 0.456. The fourth-order valence-electron chi connectivity index (χ4n) is 2.74. The van der Waals surface area contributed by atoms with Gasteiger partial charge in [0.1, 0.15) is 0 Å². The zero-order valence-corrected chi connectivity index (χ0v) is 12.7. The number of anilines is 1. The third-order valence-electron chi connectivity index (χ3n) is 4.15. The number of nitrogens with zero attached hydrogens (tertiary/aromatic N) is 2. The Morgan fingerprint density at radius 1 is 1.21 bits per heavy atom. The van der Waals surface area contributed by atoms with Crippen LogP contribution in [-0.4, -0.2) is 16.5 Å². The quantitative estimate of drug-likeness (QED) is 0.885. The minimum absolute atomic E-state index is 0.456. The lowest BCUT2D eigenvalue weighted by Gasteiger charge is -2.26. The molecule has 1 aliphatic carbocycles. The second-order valence-corrected chi connectivity index (χ2v) is 6.42. The second-order valence-electron chi connectivity index (χ2n) is 6.42. The molecule has 0 bridgehead atoms. The predicted molar refractivity (Wildman–Crippen MR) is 80.5 cm³/mol. The summed E-state index contributed by atoms with van der Waals surface area (Å²) in [7, 11) is 0. The number of aryl methyl sites for hydroxylation is 1. The first kappa shape index (κ1) is 14.3. The number of hydrogen-bond acceptors (Lipinski definition) is 3. The molecular formula is C16H27N3. The van der Waals surface area contributed by atoms with E-state index in [0.717, 1.165) is 35.7 Å². The van der Waals surface area contributed by atoms with Crippen LogP contribution >= 0.6 is 0 Å². The van der Waals surface area contributed by atoms with Crippen molar-refractivity contribution in [3.8, 4) is 0 Å². The zero-order chi connectivity index (χ0) is 13.8. The van der Waals surface area contributed by atoms with E-state index in [1.54, 1.807) is 0 Å². The van der Waals surface area contributed by atoms with E-state index in [9.17, 15) is 0 Å². The average Bonchev–Trinajstić information content (AvgIpc) is 2.37. The van der Waals surface area contributed by atoms with Crippen LogP contribution in [0.15, 0.2) is 6.07 Å². The van der Waals surface area contributed by atoms with Crippen LogP contribution in [-0.2, 0) is 0 Å². The maximum Gasteiger partial charge on any atom is 0.223 e. The highest BCUT2D eigenvalue weighted by atomic mass is 15.1. The molecule has 2 rings (SSSR count). The van der Waals surface area contributed by atoms with Gasteiger partial charge in [-0.3, -0.25) is 0 Å². The molecular weight excluding hydrogens is 234 g/mol. The maximum atomic E-state index is 4.61. The normalized spacial score (nSPS) is 23.6. The highest BCUT2D eigenvalue weighted by Crippen LogP contribution is 2.28. The SMILES string of the molecule is Cc1cc(C(C)C)nc(NCC2CCC(C)CC2)n1. The van der Waals surface area contributed by atoms with Gasteiger partial charge in [-0.25, -0.2) is 9.97 Å². The van der Waals surface area contributed by atoms with Crippen molar-refractivity contribution in [2.45, 2.75) is 59.3 Å². The summed E-state index contributed by atoms with van der Waals surface area (Å²) in [5, 5.41) is 3.44. The number of hydrogen-bond donors (Lipinski definition) is 1. The highest BCUT2D eigenvalue weighted by Gasteiger charge is 2.18. The molecule has 1 heterocycles. The highest BCUT2D eigenvalue weighted by molar-refractivity contribution is 5.29. The smallest absolute Gasteiger partial charge is 0.223 e. The zero-order valence-electron chi connectivity index (χ0n) is 12.7. The Balaban J connectivity index is 1.92. The van der Waals surface area contributed by atoms with Crippen molar-refractivity contribution in [3.63, 3.8) is 0 Å². The van der Waals surface area contributed by atoms with Gasteiger partial charge in [0, 0.05) is 17.9 Å². The van der Waals surface area contributed by atoms with Gasteiger partial charge in [0.05, 0.1) is 0 Å². The van der Waals surface area contributed by atoms with Gasteiger partial charge in [-0.15, -0.1) is 0 Å². The third-order valence-corrected chi connectivity index (χ3v) is 4.15. The lowest BCUT2D eigenvalue weighted by atomic mass is 9.83. The number of aromatic nitrogens is 2. The Morgan fingerprint density at radius 3 is 2.53 bits per heavy atom. The van der Waals surface area contributed by atoms with Crippen LogP contribution in [0, 0.1) is 18.8 Å². The monoisotopic (exact) mass is 261 g/mol. The van der Waals surface area contributed by atoms with Crippen LogP contribution in [0.3, 0.4) is 0 Å². The van der Waals surface area contributed by atoms with Crippen LogP contribution < -0.4 is 5.32 Å². The van der Waals surface area contributed by atoms with E-state index in [2.05, 4.69) is 42.1 Å². The average molecular weight is 261 g/mol. The molecule has 0 aliphatic heterocycles. The van der Waals surface area contributed by atoms with E-state index in [1.165, 1.54) is 25.7 Å². The molecule has 1 saturated carbocycles. The molecule has 0 radical (unpaired) electrons. The second kappa shape index (κ2) is 6.36. The fourth-order valence-corrected chi connectivity index (χ4v) is 2.74. The first-order chi connectivity index (χ1) is 9.04. The van der Waals surface area contributed by atoms with Crippen molar-refractivity contribution in [2.24, 2.45) is 11.8 Å². The van der Waals surface area contributed by atoms with Crippen LogP contribution in [0.4, 0.5) is 5.95 Å². The summed E-state index contributed by atoms with van der Waals surface area (Å²) in [6, 6.07) is 2.08. The Kier molecular flexibility index (Phi) is 4.78.